The number of rotatable bonds is 7. The molecule has 0 fully saturated rings. The average Bonchev–Trinajstić information content (AvgIpc) is 2.77. The van der Waals surface area contributed by atoms with Crippen LogP contribution in [-0.2, 0) is 14.4 Å². The van der Waals surface area contributed by atoms with Crippen LogP contribution in [0.25, 0.3) is 0 Å². The van der Waals surface area contributed by atoms with Crippen LogP contribution in [0.3, 0.4) is 0 Å². The number of hydrogen-bond acceptors (Lipinski definition) is 8. The van der Waals surface area contributed by atoms with Crippen molar-refractivity contribution in [2.24, 2.45) is 16.0 Å². The summed E-state index contributed by atoms with van der Waals surface area (Å²) in [5.41, 5.74) is 7.39. The van der Waals surface area contributed by atoms with Gasteiger partial charge in [-0.25, -0.2) is 16.7 Å². The van der Waals surface area contributed by atoms with E-state index in [9.17, 15) is 24.6 Å². The van der Waals surface area contributed by atoms with Crippen LogP contribution in [0.2, 0.25) is 0 Å². The number of phenols is 2. The fourth-order valence-electron chi connectivity index (χ4n) is 1.98. The molecule has 0 spiro atoms. The third-order valence-corrected chi connectivity index (χ3v) is 4.52. The highest BCUT2D eigenvalue weighted by molar-refractivity contribution is 9.10. The molecule has 11 nitrogen and oxygen atoms in total. The Balaban J connectivity index is 0.000000346. The molecule has 0 bridgehead atoms. The number of nitrogens with zero attached hydrogens (tertiary/aromatic N) is 2. The van der Waals surface area contributed by atoms with E-state index in [1.807, 2.05) is 5.43 Å². The third-order valence-electron chi connectivity index (χ3n) is 3.54. The quantitative estimate of drug-likeness (QED) is 0.125. The summed E-state index contributed by atoms with van der Waals surface area (Å²) in [7, 11) is 0. The minimum absolute atomic E-state index is 0.0139. The second-order valence-corrected chi connectivity index (χ2v) is 8.02. The van der Waals surface area contributed by atoms with Crippen molar-refractivity contribution >= 4 is 62.0 Å². The molecule has 3 amide bonds. The van der Waals surface area contributed by atoms with Crippen molar-refractivity contribution in [2.45, 2.75) is 19.8 Å². The van der Waals surface area contributed by atoms with Gasteiger partial charge < -0.3 is 10.2 Å². The molecular formula is C20H22Br2N6O5. The second-order valence-electron chi connectivity index (χ2n) is 6.19. The van der Waals surface area contributed by atoms with Crippen LogP contribution in [0, 0.1) is 0 Å². The maximum Gasteiger partial charge on any atom is 0.240 e. The van der Waals surface area contributed by atoms with Crippen molar-refractivity contribution < 1.29 is 24.6 Å². The first-order valence-corrected chi connectivity index (χ1v) is 10.8. The molecule has 0 aliphatic heterocycles. The van der Waals surface area contributed by atoms with Crippen LogP contribution < -0.4 is 22.1 Å². The summed E-state index contributed by atoms with van der Waals surface area (Å²) < 4.78 is 1.61. The van der Waals surface area contributed by atoms with Gasteiger partial charge in [-0.3, -0.25) is 19.8 Å². The number of amides is 3. The molecule has 33 heavy (non-hydrogen) atoms. The van der Waals surface area contributed by atoms with E-state index in [0.717, 1.165) is 8.95 Å². The van der Waals surface area contributed by atoms with E-state index in [1.165, 1.54) is 25.4 Å². The number of halogens is 2. The lowest BCUT2D eigenvalue weighted by Gasteiger charge is -2.01. The van der Waals surface area contributed by atoms with Crippen molar-refractivity contribution in [2.75, 3.05) is 0 Å². The predicted octanol–water partition coefficient (Wildman–Crippen LogP) is 2.00. The second kappa shape index (κ2) is 14.7. The first-order chi connectivity index (χ1) is 15.6. The molecule has 0 unspecified atom stereocenters. The first kappa shape index (κ1) is 27.7. The molecule has 0 heterocycles. The Morgan fingerprint density at radius 1 is 0.879 bits per heavy atom. The zero-order valence-corrected chi connectivity index (χ0v) is 20.6. The van der Waals surface area contributed by atoms with Gasteiger partial charge in [0.1, 0.15) is 11.5 Å². The lowest BCUT2D eigenvalue weighted by molar-refractivity contribution is -0.126. The molecule has 0 saturated carbocycles. The van der Waals surface area contributed by atoms with Crippen molar-refractivity contribution in [3.05, 3.63) is 56.5 Å². The predicted molar refractivity (Wildman–Crippen MR) is 130 cm³/mol. The molecule has 0 aromatic heterocycles. The summed E-state index contributed by atoms with van der Waals surface area (Å²) in [5, 5.41) is 26.2. The zero-order valence-electron chi connectivity index (χ0n) is 17.4. The van der Waals surface area contributed by atoms with Gasteiger partial charge in [-0.15, -0.1) is 0 Å². The molecule has 13 heteroatoms. The number of nitrogens with two attached hydrogens (primary N) is 1. The molecule has 0 atom stereocenters. The Kier molecular flexibility index (Phi) is 12.4. The van der Waals surface area contributed by atoms with Crippen molar-refractivity contribution in [3.63, 3.8) is 0 Å². The highest BCUT2D eigenvalue weighted by Gasteiger charge is 2.04. The lowest BCUT2D eigenvalue weighted by Crippen LogP contribution is -2.31. The van der Waals surface area contributed by atoms with Gasteiger partial charge in [0, 0.05) is 39.8 Å². The Bertz CT molecular complexity index is 1050. The van der Waals surface area contributed by atoms with Gasteiger partial charge >= 0.3 is 0 Å². The zero-order chi connectivity index (χ0) is 24.8. The monoisotopic (exact) mass is 584 g/mol. The van der Waals surface area contributed by atoms with Gasteiger partial charge in [0.25, 0.3) is 0 Å². The van der Waals surface area contributed by atoms with Crippen LogP contribution >= 0.6 is 31.9 Å². The van der Waals surface area contributed by atoms with E-state index in [2.05, 4.69) is 52.9 Å². The fraction of sp³-hybridized carbons (Fsp3) is 0.150. The third kappa shape index (κ3) is 11.8. The van der Waals surface area contributed by atoms with Crippen LogP contribution in [0.1, 0.15) is 30.9 Å². The summed E-state index contributed by atoms with van der Waals surface area (Å²) in [6.07, 6.45) is 2.65. The van der Waals surface area contributed by atoms with Crippen LogP contribution in [0.4, 0.5) is 0 Å². The number of hydrazone groups is 2. The molecule has 2 rings (SSSR count). The van der Waals surface area contributed by atoms with Crippen LogP contribution in [-0.4, -0.2) is 40.4 Å². The van der Waals surface area contributed by atoms with Crippen molar-refractivity contribution in [3.8, 4) is 11.5 Å². The van der Waals surface area contributed by atoms with Crippen molar-refractivity contribution in [1.29, 1.82) is 0 Å². The van der Waals surface area contributed by atoms with E-state index in [4.69, 9.17) is 5.84 Å². The Morgan fingerprint density at radius 3 is 1.79 bits per heavy atom. The number of aromatic hydroxyl groups is 2. The standard InChI is InChI=1S/C11H13BrN4O3.C9H9BrN2O2/c12-8-1-2-9(17)7(5-8)6-14-16-11(19)4-3-10(18)15-13;1-6(13)12-11-5-7-4-8(10)2-3-9(7)14/h1-2,5-6,17H,3-4,13H2,(H,15,18)(H,16,19);2-5,14H,1H3,(H,12,13)/b14-6+;11-5+. The molecule has 176 valence electrons. The van der Waals surface area contributed by atoms with E-state index in [-0.39, 0.29) is 30.2 Å². The number of carbonyl (C=O) groups excluding carboxylic acids is 3. The number of carbonyl (C=O) groups is 3. The molecular weight excluding hydrogens is 564 g/mol. The number of hydrogen-bond donors (Lipinski definition) is 6. The topological polar surface area (TPSA) is 178 Å². The molecule has 0 aliphatic carbocycles. The lowest BCUT2D eigenvalue weighted by atomic mass is 10.2. The van der Waals surface area contributed by atoms with Crippen molar-refractivity contribution in [1.82, 2.24) is 16.3 Å². The highest BCUT2D eigenvalue weighted by Crippen LogP contribution is 2.20. The molecule has 2 aromatic rings. The minimum atomic E-state index is -0.427. The molecule has 0 aliphatic rings. The maximum absolute atomic E-state index is 11.3. The Morgan fingerprint density at radius 2 is 1.33 bits per heavy atom. The summed E-state index contributed by atoms with van der Waals surface area (Å²) in [6, 6.07) is 9.77. The smallest absolute Gasteiger partial charge is 0.240 e. The summed E-state index contributed by atoms with van der Waals surface area (Å²) in [6.45, 7) is 1.36. The van der Waals surface area contributed by atoms with Crippen LogP contribution in [0.5, 0.6) is 11.5 Å². The van der Waals surface area contributed by atoms with Gasteiger partial charge in [-0.1, -0.05) is 31.9 Å². The highest BCUT2D eigenvalue weighted by atomic mass is 79.9. The van der Waals surface area contributed by atoms with E-state index in [0.29, 0.717) is 11.1 Å². The number of hydrazine groups is 1. The number of nitrogens with one attached hydrogen (secondary N) is 3. The van der Waals surface area contributed by atoms with Gasteiger partial charge in [-0.2, -0.15) is 10.2 Å². The number of phenolic OH excluding ortho intramolecular Hbond substituents is 2. The van der Waals surface area contributed by atoms with E-state index < -0.39 is 11.8 Å². The van der Waals surface area contributed by atoms with E-state index >= 15 is 0 Å². The largest absolute Gasteiger partial charge is 0.507 e. The summed E-state index contributed by atoms with van der Waals surface area (Å²) in [4.78, 5) is 32.6. The van der Waals surface area contributed by atoms with E-state index in [1.54, 1.807) is 30.3 Å². The van der Waals surface area contributed by atoms with Gasteiger partial charge in [0.2, 0.25) is 17.7 Å². The van der Waals surface area contributed by atoms with Gasteiger partial charge in [0.15, 0.2) is 0 Å². The SMILES string of the molecule is CC(=O)N/N=C/c1cc(Br)ccc1O.NNC(=O)CCC(=O)N/N=C/c1cc(Br)ccc1O. The molecule has 2 aromatic carbocycles. The van der Waals surface area contributed by atoms with Gasteiger partial charge in [-0.05, 0) is 36.4 Å². The Labute approximate surface area is 206 Å². The molecule has 7 N–H and O–H groups in total. The minimum Gasteiger partial charge on any atom is -0.507 e. The molecule has 0 saturated heterocycles. The average molecular weight is 586 g/mol. The summed E-state index contributed by atoms with van der Waals surface area (Å²) >= 11 is 6.51. The van der Waals surface area contributed by atoms with Crippen LogP contribution in [0.15, 0.2) is 55.5 Å². The Hall–Kier alpha value is -3.29. The summed E-state index contributed by atoms with van der Waals surface area (Å²) in [5.74, 6) is 3.93. The normalized spacial score (nSPS) is 10.4. The fourth-order valence-corrected chi connectivity index (χ4v) is 2.74. The van der Waals surface area contributed by atoms with Gasteiger partial charge in [0.05, 0.1) is 12.4 Å². The number of benzene rings is 2. The first-order valence-electron chi connectivity index (χ1n) is 9.20. The maximum atomic E-state index is 11.3. The molecule has 0 radical (unpaired) electrons.